The molecule has 2 aliphatic rings. The molecule has 1 aromatic rings. The van der Waals surface area contributed by atoms with Crippen molar-refractivity contribution in [1.82, 2.24) is 4.90 Å². The molecule has 3 atom stereocenters. The van der Waals surface area contributed by atoms with Crippen molar-refractivity contribution in [1.29, 1.82) is 0 Å². The van der Waals surface area contributed by atoms with Crippen LogP contribution >= 0.6 is 0 Å². The van der Waals surface area contributed by atoms with E-state index in [1.807, 2.05) is 6.92 Å². The minimum atomic E-state index is -0.494. The van der Waals surface area contributed by atoms with Crippen LogP contribution in [0.3, 0.4) is 0 Å². The normalized spacial score (nSPS) is 37.2. The van der Waals surface area contributed by atoms with Gasteiger partial charge < -0.3 is 10.5 Å². The first-order valence-electron chi connectivity index (χ1n) is 6.92. The fourth-order valence-corrected chi connectivity index (χ4v) is 3.36. The van der Waals surface area contributed by atoms with Gasteiger partial charge in [0, 0.05) is 0 Å². The maximum atomic E-state index is 6.31. The van der Waals surface area contributed by atoms with Crippen molar-refractivity contribution in [2.75, 3.05) is 13.2 Å². The molecule has 1 unspecified atom stereocenters. The van der Waals surface area contributed by atoms with Crippen LogP contribution in [-0.4, -0.2) is 29.8 Å². The Kier molecular flexibility index (Phi) is 3.14. The Morgan fingerprint density at radius 3 is 2.83 bits per heavy atom. The third-order valence-corrected chi connectivity index (χ3v) is 4.34. The summed E-state index contributed by atoms with van der Waals surface area (Å²) in [5.41, 5.74) is 7.16. The Balaban J connectivity index is 1.89. The SMILES string of the molecule is C[C@@]1(N)OC[C@@H](c2ccccc2)N2CCCCC21. The number of fused-ring (bicyclic) bond motifs is 1. The van der Waals surface area contributed by atoms with E-state index in [1.165, 1.54) is 18.4 Å². The highest BCUT2D eigenvalue weighted by Crippen LogP contribution is 2.37. The van der Waals surface area contributed by atoms with Gasteiger partial charge in [-0.05, 0) is 31.9 Å². The molecule has 0 aliphatic carbocycles. The number of piperidine rings is 1. The van der Waals surface area contributed by atoms with Crippen molar-refractivity contribution in [2.45, 2.75) is 44.0 Å². The van der Waals surface area contributed by atoms with Gasteiger partial charge in [-0.25, -0.2) is 0 Å². The van der Waals surface area contributed by atoms with Gasteiger partial charge >= 0.3 is 0 Å². The van der Waals surface area contributed by atoms with Crippen molar-refractivity contribution in [3.8, 4) is 0 Å². The number of morpholine rings is 1. The molecule has 2 fully saturated rings. The monoisotopic (exact) mass is 246 g/mol. The molecular formula is C15H22N2O. The van der Waals surface area contributed by atoms with Gasteiger partial charge in [0.2, 0.25) is 0 Å². The summed E-state index contributed by atoms with van der Waals surface area (Å²) >= 11 is 0. The average Bonchev–Trinajstić information content (AvgIpc) is 2.40. The maximum Gasteiger partial charge on any atom is 0.129 e. The standard InChI is InChI=1S/C15H22N2O/c1-15(16)14-9-5-6-10-17(14)13(11-18-15)12-7-3-2-4-8-12/h2-4,7-8,13-14H,5-6,9-11,16H2,1H3/t13-,14?,15+/m0/s1. The molecule has 2 aliphatic heterocycles. The van der Waals surface area contributed by atoms with E-state index in [4.69, 9.17) is 10.5 Å². The largest absolute Gasteiger partial charge is 0.358 e. The molecule has 3 rings (SSSR count). The number of rotatable bonds is 1. The summed E-state index contributed by atoms with van der Waals surface area (Å²) in [5.74, 6) is 0. The first-order valence-corrected chi connectivity index (χ1v) is 6.92. The van der Waals surface area contributed by atoms with E-state index < -0.39 is 5.72 Å². The summed E-state index contributed by atoms with van der Waals surface area (Å²) in [6.07, 6.45) is 3.69. The second-order valence-electron chi connectivity index (χ2n) is 5.67. The highest BCUT2D eigenvalue weighted by atomic mass is 16.5. The first kappa shape index (κ1) is 12.2. The van der Waals surface area contributed by atoms with Crippen LogP contribution in [0, 0.1) is 0 Å². The van der Waals surface area contributed by atoms with E-state index in [1.54, 1.807) is 0 Å². The molecular weight excluding hydrogens is 224 g/mol. The van der Waals surface area contributed by atoms with E-state index >= 15 is 0 Å². The van der Waals surface area contributed by atoms with Gasteiger partial charge in [0.15, 0.2) is 0 Å². The molecule has 1 aromatic carbocycles. The summed E-state index contributed by atoms with van der Waals surface area (Å²) < 4.78 is 5.94. The smallest absolute Gasteiger partial charge is 0.129 e. The number of nitrogens with two attached hydrogens (primary N) is 1. The Morgan fingerprint density at radius 1 is 1.28 bits per heavy atom. The lowest BCUT2D eigenvalue weighted by atomic mass is 9.88. The van der Waals surface area contributed by atoms with Crippen molar-refractivity contribution in [3.05, 3.63) is 35.9 Å². The summed E-state index contributed by atoms with van der Waals surface area (Å²) in [7, 11) is 0. The fraction of sp³-hybridized carbons (Fsp3) is 0.600. The summed E-state index contributed by atoms with van der Waals surface area (Å²) in [6.45, 7) is 3.87. The van der Waals surface area contributed by atoms with Gasteiger partial charge in [-0.15, -0.1) is 0 Å². The van der Waals surface area contributed by atoms with Gasteiger partial charge in [-0.3, -0.25) is 4.90 Å². The molecule has 0 amide bonds. The van der Waals surface area contributed by atoms with E-state index in [9.17, 15) is 0 Å². The zero-order chi connectivity index (χ0) is 12.6. The lowest BCUT2D eigenvalue weighted by Crippen LogP contribution is -2.65. The Bertz CT molecular complexity index is 404. The van der Waals surface area contributed by atoms with Crippen LogP contribution in [0.1, 0.15) is 37.8 Å². The van der Waals surface area contributed by atoms with Crippen molar-refractivity contribution in [3.63, 3.8) is 0 Å². The zero-order valence-electron chi connectivity index (χ0n) is 11.0. The molecule has 2 heterocycles. The van der Waals surface area contributed by atoms with Crippen LogP contribution in [0.25, 0.3) is 0 Å². The van der Waals surface area contributed by atoms with Gasteiger partial charge in [0.05, 0.1) is 18.7 Å². The third-order valence-electron chi connectivity index (χ3n) is 4.34. The summed E-state index contributed by atoms with van der Waals surface area (Å²) in [5, 5.41) is 0. The molecule has 0 spiro atoms. The van der Waals surface area contributed by atoms with E-state index in [0.29, 0.717) is 18.7 Å². The Morgan fingerprint density at radius 2 is 2.06 bits per heavy atom. The quantitative estimate of drug-likeness (QED) is 0.826. The van der Waals surface area contributed by atoms with Gasteiger partial charge in [0.25, 0.3) is 0 Å². The molecule has 2 N–H and O–H groups in total. The molecule has 0 bridgehead atoms. The number of nitrogens with zero attached hydrogens (tertiary/aromatic N) is 1. The van der Waals surface area contributed by atoms with Crippen LogP contribution in [0.15, 0.2) is 30.3 Å². The maximum absolute atomic E-state index is 6.31. The Labute approximate surface area is 109 Å². The average molecular weight is 246 g/mol. The van der Waals surface area contributed by atoms with Crippen LogP contribution < -0.4 is 5.73 Å². The topological polar surface area (TPSA) is 38.5 Å². The van der Waals surface area contributed by atoms with E-state index in [-0.39, 0.29) is 0 Å². The summed E-state index contributed by atoms with van der Waals surface area (Å²) in [6, 6.07) is 11.4. The lowest BCUT2D eigenvalue weighted by Gasteiger charge is -2.52. The fourth-order valence-electron chi connectivity index (χ4n) is 3.36. The van der Waals surface area contributed by atoms with Crippen molar-refractivity contribution in [2.24, 2.45) is 5.73 Å². The summed E-state index contributed by atoms with van der Waals surface area (Å²) in [4.78, 5) is 2.56. The minimum Gasteiger partial charge on any atom is -0.358 e. The van der Waals surface area contributed by atoms with Gasteiger partial charge in [-0.2, -0.15) is 0 Å². The zero-order valence-corrected chi connectivity index (χ0v) is 11.0. The predicted octanol–water partition coefficient (Wildman–Crippen LogP) is 2.29. The van der Waals surface area contributed by atoms with Crippen LogP contribution in [0.4, 0.5) is 0 Å². The number of hydrogen-bond donors (Lipinski definition) is 1. The predicted molar refractivity (Wildman–Crippen MR) is 72.1 cm³/mol. The van der Waals surface area contributed by atoms with Crippen molar-refractivity contribution < 1.29 is 4.74 Å². The van der Waals surface area contributed by atoms with Crippen LogP contribution in [-0.2, 0) is 4.74 Å². The molecule has 3 nitrogen and oxygen atoms in total. The second-order valence-corrected chi connectivity index (χ2v) is 5.67. The van der Waals surface area contributed by atoms with E-state index in [0.717, 1.165) is 13.0 Å². The molecule has 0 saturated carbocycles. The molecule has 2 saturated heterocycles. The molecule has 98 valence electrons. The number of hydrogen-bond acceptors (Lipinski definition) is 3. The van der Waals surface area contributed by atoms with Crippen LogP contribution in [0.2, 0.25) is 0 Å². The van der Waals surface area contributed by atoms with Gasteiger partial charge in [0.1, 0.15) is 5.72 Å². The minimum absolute atomic E-state index is 0.352. The molecule has 0 radical (unpaired) electrons. The highest BCUT2D eigenvalue weighted by Gasteiger charge is 2.44. The van der Waals surface area contributed by atoms with Crippen LogP contribution in [0.5, 0.6) is 0 Å². The number of ether oxygens (including phenoxy) is 1. The lowest BCUT2D eigenvalue weighted by molar-refractivity contribution is -0.171. The third kappa shape index (κ3) is 2.07. The second kappa shape index (κ2) is 4.65. The molecule has 18 heavy (non-hydrogen) atoms. The van der Waals surface area contributed by atoms with Crippen molar-refractivity contribution >= 4 is 0 Å². The Hall–Kier alpha value is -0.900. The highest BCUT2D eigenvalue weighted by molar-refractivity contribution is 5.20. The van der Waals surface area contributed by atoms with Gasteiger partial charge in [-0.1, -0.05) is 36.8 Å². The molecule has 3 heteroatoms. The van der Waals surface area contributed by atoms with E-state index in [2.05, 4.69) is 35.2 Å². The number of benzene rings is 1. The first-order chi connectivity index (χ1) is 8.68. The molecule has 0 aromatic heterocycles.